The Balaban J connectivity index is 1.92. The van der Waals surface area contributed by atoms with Gasteiger partial charge in [-0.25, -0.2) is 0 Å². The van der Waals surface area contributed by atoms with Crippen LogP contribution >= 0.6 is 15.9 Å². The van der Waals surface area contributed by atoms with E-state index in [0.717, 1.165) is 15.7 Å². The molecule has 3 aromatic rings. The number of hydrogen-bond donors (Lipinski definition) is 1. The number of amides is 1. The van der Waals surface area contributed by atoms with Crippen LogP contribution in [0.4, 0.5) is 11.4 Å². The fourth-order valence-corrected chi connectivity index (χ4v) is 4.46. The smallest absolute Gasteiger partial charge is 0.300 e. The molecule has 35 heavy (non-hydrogen) atoms. The molecule has 0 bridgehead atoms. The summed E-state index contributed by atoms with van der Waals surface area (Å²) < 4.78 is 6.56. The number of carbonyl (C=O) groups is 2. The van der Waals surface area contributed by atoms with E-state index < -0.39 is 17.7 Å². The van der Waals surface area contributed by atoms with E-state index in [-0.39, 0.29) is 11.3 Å². The highest BCUT2D eigenvalue weighted by molar-refractivity contribution is 9.10. The average Bonchev–Trinajstić information content (AvgIpc) is 3.11. The van der Waals surface area contributed by atoms with Crippen LogP contribution in [0.1, 0.15) is 29.7 Å². The Labute approximate surface area is 213 Å². The molecule has 180 valence electrons. The molecule has 3 aromatic carbocycles. The highest BCUT2D eigenvalue weighted by atomic mass is 79.9. The van der Waals surface area contributed by atoms with Crippen LogP contribution in [0, 0.1) is 6.92 Å². The average molecular weight is 535 g/mol. The SMILES string of the molecule is CCOc1cccc(C2/C(=C(/O)c3ccc(Br)c(C)c3)C(=O)C(=O)N2c2ccc(N(C)C)cc2)c1. The van der Waals surface area contributed by atoms with Crippen LogP contribution < -0.4 is 14.5 Å². The lowest BCUT2D eigenvalue weighted by Crippen LogP contribution is -2.29. The molecule has 7 heteroatoms. The second-order valence-corrected chi connectivity index (χ2v) is 9.40. The standard InChI is InChI=1S/C28H27BrN2O4/c1-5-35-22-8-6-7-18(16-22)25-24(26(32)19-9-14-23(29)17(2)15-19)27(33)28(34)31(25)21-12-10-20(11-13-21)30(3)4/h6-16,25,32H,5H2,1-4H3/b26-24-. The number of halogens is 1. The van der Waals surface area contributed by atoms with Gasteiger partial charge in [0.2, 0.25) is 0 Å². The summed E-state index contributed by atoms with van der Waals surface area (Å²) in [5.74, 6) is -1.01. The predicted molar refractivity (Wildman–Crippen MR) is 142 cm³/mol. The van der Waals surface area contributed by atoms with Crippen molar-refractivity contribution in [1.29, 1.82) is 0 Å². The highest BCUT2D eigenvalue weighted by Gasteiger charge is 2.47. The van der Waals surface area contributed by atoms with Gasteiger partial charge in [-0.15, -0.1) is 0 Å². The third-order valence-electron chi connectivity index (χ3n) is 6.00. The topological polar surface area (TPSA) is 70.1 Å². The Morgan fingerprint density at radius 1 is 1.06 bits per heavy atom. The molecule has 0 spiro atoms. The van der Waals surface area contributed by atoms with Crippen molar-refractivity contribution in [3.05, 3.63) is 93.5 Å². The minimum Gasteiger partial charge on any atom is -0.507 e. The Morgan fingerprint density at radius 2 is 1.77 bits per heavy atom. The number of ketones is 1. The van der Waals surface area contributed by atoms with Crippen LogP contribution in [0.15, 0.2) is 76.8 Å². The summed E-state index contributed by atoms with van der Waals surface area (Å²) in [7, 11) is 3.86. The van der Waals surface area contributed by atoms with E-state index >= 15 is 0 Å². The molecule has 1 amide bonds. The van der Waals surface area contributed by atoms with Gasteiger partial charge < -0.3 is 14.7 Å². The first-order chi connectivity index (χ1) is 16.7. The van der Waals surface area contributed by atoms with Gasteiger partial charge in [-0.1, -0.05) is 34.1 Å². The molecule has 0 aliphatic carbocycles. The maximum atomic E-state index is 13.4. The van der Waals surface area contributed by atoms with Crippen molar-refractivity contribution < 1.29 is 19.4 Å². The van der Waals surface area contributed by atoms with Gasteiger partial charge in [0.15, 0.2) is 0 Å². The first kappa shape index (κ1) is 24.5. The summed E-state index contributed by atoms with van der Waals surface area (Å²) in [5, 5.41) is 11.3. The number of rotatable bonds is 6. The minimum atomic E-state index is -0.815. The van der Waals surface area contributed by atoms with E-state index in [1.54, 1.807) is 18.2 Å². The van der Waals surface area contributed by atoms with Gasteiger partial charge in [-0.2, -0.15) is 0 Å². The van der Waals surface area contributed by atoms with E-state index in [4.69, 9.17) is 4.74 Å². The Bertz CT molecular complexity index is 1310. The van der Waals surface area contributed by atoms with Crippen molar-refractivity contribution in [3.8, 4) is 5.75 Å². The minimum absolute atomic E-state index is 0.0436. The Morgan fingerprint density at radius 3 is 2.40 bits per heavy atom. The molecule has 1 heterocycles. The van der Waals surface area contributed by atoms with Crippen LogP contribution in [0.2, 0.25) is 0 Å². The van der Waals surface area contributed by atoms with E-state index in [2.05, 4.69) is 15.9 Å². The normalized spacial score (nSPS) is 17.1. The van der Waals surface area contributed by atoms with Crippen LogP contribution in [-0.4, -0.2) is 37.5 Å². The fourth-order valence-electron chi connectivity index (χ4n) is 4.21. The quantitative estimate of drug-likeness (QED) is 0.244. The van der Waals surface area contributed by atoms with Gasteiger partial charge in [0.1, 0.15) is 11.5 Å². The number of carbonyl (C=O) groups excluding carboxylic acids is 2. The zero-order chi connectivity index (χ0) is 25.3. The molecule has 0 aromatic heterocycles. The molecular weight excluding hydrogens is 508 g/mol. The lowest BCUT2D eigenvalue weighted by atomic mass is 9.94. The van der Waals surface area contributed by atoms with Crippen molar-refractivity contribution in [3.63, 3.8) is 0 Å². The van der Waals surface area contributed by atoms with Gasteiger partial charge in [0.25, 0.3) is 11.7 Å². The number of aliphatic hydroxyl groups excluding tert-OH is 1. The zero-order valence-corrected chi connectivity index (χ0v) is 21.7. The summed E-state index contributed by atoms with van der Waals surface area (Å²) in [4.78, 5) is 30.1. The largest absolute Gasteiger partial charge is 0.507 e. The maximum absolute atomic E-state index is 13.4. The highest BCUT2D eigenvalue weighted by Crippen LogP contribution is 2.43. The number of ether oxygens (including phenoxy) is 1. The molecule has 1 saturated heterocycles. The lowest BCUT2D eigenvalue weighted by Gasteiger charge is -2.26. The summed E-state index contributed by atoms with van der Waals surface area (Å²) in [6, 6.07) is 19.2. The van der Waals surface area contributed by atoms with Gasteiger partial charge >= 0.3 is 0 Å². The summed E-state index contributed by atoms with van der Waals surface area (Å²) in [6.45, 7) is 4.27. The first-order valence-electron chi connectivity index (χ1n) is 11.3. The number of hydrogen-bond acceptors (Lipinski definition) is 5. The first-order valence-corrected chi connectivity index (χ1v) is 12.1. The number of anilines is 2. The third kappa shape index (κ3) is 4.68. The van der Waals surface area contributed by atoms with Gasteiger partial charge in [0.05, 0.1) is 18.2 Å². The second kappa shape index (κ2) is 9.96. The van der Waals surface area contributed by atoms with E-state index in [1.165, 1.54) is 4.90 Å². The Hall–Kier alpha value is -3.58. The molecule has 1 unspecified atom stereocenters. The molecule has 1 N–H and O–H groups in total. The van der Waals surface area contributed by atoms with Crippen LogP contribution in [0.5, 0.6) is 5.75 Å². The molecule has 4 rings (SSSR count). The van der Waals surface area contributed by atoms with E-state index in [0.29, 0.717) is 29.2 Å². The number of benzene rings is 3. The number of Topliss-reactive ketones (excluding diaryl/α,β-unsaturated/α-hetero) is 1. The van der Waals surface area contributed by atoms with Crippen molar-refractivity contribution in [2.45, 2.75) is 19.9 Å². The van der Waals surface area contributed by atoms with E-state index in [9.17, 15) is 14.7 Å². The molecule has 0 radical (unpaired) electrons. The van der Waals surface area contributed by atoms with Crippen LogP contribution in [0.25, 0.3) is 5.76 Å². The van der Waals surface area contributed by atoms with Gasteiger partial charge in [-0.3, -0.25) is 14.5 Å². The summed E-state index contributed by atoms with van der Waals surface area (Å²) in [6.07, 6.45) is 0. The second-order valence-electron chi connectivity index (χ2n) is 8.55. The molecule has 6 nitrogen and oxygen atoms in total. The lowest BCUT2D eigenvalue weighted by molar-refractivity contribution is -0.132. The van der Waals surface area contributed by atoms with E-state index in [1.807, 2.05) is 81.4 Å². The number of nitrogens with zero attached hydrogens (tertiary/aromatic N) is 2. The number of aryl methyl sites for hydroxylation is 1. The molecule has 1 aliphatic heterocycles. The fraction of sp³-hybridized carbons (Fsp3) is 0.214. The van der Waals surface area contributed by atoms with Crippen LogP contribution in [-0.2, 0) is 9.59 Å². The van der Waals surface area contributed by atoms with Crippen molar-refractivity contribution in [2.24, 2.45) is 0 Å². The summed E-state index contributed by atoms with van der Waals surface area (Å²) >= 11 is 3.47. The molecule has 1 aliphatic rings. The van der Waals surface area contributed by atoms with Crippen molar-refractivity contribution in [2.75, 3.05) is 30.5 Å². The third-order valence-corrected chi connectivity index (χ3v) is 6.89. The molecule has 1 fully saturated rings. The van der Waals surface area contributed by atoms with Gasteiger partial charge in [-0.05, 0) is 73.5 Å². The number of aliphatic hydroxyl groups is 1. The molecule has 1 atom stereocenters. The van der Waals surface area contributed by atoms with Gasteiger partial charge in [0, 0.05) is 35.5 Å². The predicted octanol–water partition coefficient (Wildman–Crippen LogP) is 5.85. The van der Waals surface area contributed by atoms with Crippen molar-refractivity contribution >= 4 is 44.8 Å². The zero-order valence-electron chi connectivity index (χ0n) is 20.1. The summed E-state index contributed by atoms with van der Waals surface area (Å²) in [5.41, 5.74) is 3.61. The maximum Gasteiger partial charge on any atom is 0.300 e. The Kier molecular flexibility index (Phi) is 6.98. The van der Waals surface area contributed by atoms with Crippen molar-refractivity contribution in [1.82, 2.24) is 0 Å². The molecule has 0 saturated carbocycles. The van der Waals surface area contributed by atoms with Crippen LogP contribution in [0.3, 0.4) is 0 Å². The molecular formula is C28H27BrN2O4. The monoisotopic (exact) mass is 534 g/mol.